The highest BCUT2D eigenvalue weighted by atomic mass is 35.5. The molecular weight excluding hydrogens is 366 g/mol. The van der Waals surface area contributed by atoms with E-state index in [4.69, 9.17) is 23.2 Å². The number of urea groups is 1. The quantitative estimate of drug-likeness (QED) is 0.723. The van der Waals surface area contributed by atoms with Crippen LogP contribution in [0.1, 0.15) is 35.7 Å². The second kappa shape index (κ2) is 6.65. The molecule has 2 aromatic carbocycles. The van der Waals surface area contributed by atoms with Crippen molar-refractivity contribution >= 4 is 40.8 Å². The van der Waals surface area contributed by atoms with Gasteiger partial charge in [0.2, 0.25) is 0 Å². The molecule has 2 aromatic rings. The number of anilines is 1. The Hall–Kier alpha value is -2.11. The van der Waals surface area contributed by atoms with Crippen LogP contribution in [0.5, 0.6) is 0 Å². The third kappa shape index (κ3) is 3.78. The van der Waals surface area contributed by atoms with Crippen molar-refractivity contribution in [3.05, 3.63) is 63.4 Å². The molecule has 25 heavy (non-hydrogen) atoms. The minimum absolute atomic E-state index is 0.0393. The Labute approximate surface area is 154 Å². The highest BCUT2D eigenvalue weighted by Gasteiger charge is 2.40. The van der Waals surface area contributed by atoms with E-state index in [-0.39, 0.29) is 21.0 Å². The maximum absolute atomic E-state index is 13.5. The first kappa shape index (κ1) is 17.7. The molecule has 0 bridgehead atoms. The van der Waals surface area contributed by atoms with Gasteiger partial charge in [0.05, 0.1) is 15.6 Å². The van der Waals surface area contributed by atoms with Crippen molar-refractivity contribution in [1.29, 1.82) is 0 Å². The monoisotopic (exact) mass is 380 g/mol. The van der Waals surface area contributed by atoms with Crippen molar-refractivity contribution in [2.75, 3.05) is 5.32 Å². The summed E-state index contributed by atoms with van der Waals surface area (Å²) in [5.74, 6) is -1.60. The first-order valence-electron chi connectivity index (χ1n) is 7.66. The minimum atomic E-state index is -0.812. The zero-order valence-corrected chi connectivity index (χ0v) is 14.8. The predicted octanol–water partition coefficient (Wildman–Crippen LogP) is 5.15. The van der Waals surface area contributed by atoms with E-state index in [0.717, 1.165) is 30.5 Å². The number of amides is 3. The Kier molecular flexibility index (Phi) is 4.71. The Morgan fingerprint density at radius 3 is 2.48 bits per heavy atom. The van der Waals surface area contributed by atoms with Crippen molar-refractivity contribution in [3.63, 3.8) is 0 Å². The van der Waals surface area contributed by atoms with Gasteiger partial charge >= 0.3 is 6.03 Å². The molecule has 1 saturated carbocycles. The number of hydrogen-bond donors (Lipinski definition) is 2. The molecule has 4 nitrogen and oxygen atoms in total. The Bertz CT molecular complexity index is 866. The first-order chi connectivity index (χ1) is 11.8. The van der Waals surface area contributed by atoms with Crippen LogP contribution in [0.25, 0.3) is 0 Å². The first-order valence-corrected chi connectivity index (χ1v) is 8.42. The number of carbonyl (C=O) groups is 2. The van der Waals surface area contributed by atoms with Crippen molar-refractivity contribution in [2.24, 2.45) is 0 Å². The summed E-state index contributed by atoms with van der Waals surface area (Å²) in [5, 5.41) is 4.58. The Morgan fingerprint density at radius 1 is 1.12 bits per heavy atom. The predicted molar refractivity (Wildman–Crippen MR) is 95.9 cm³/mol. The lowest BCUT2D eigenvalue weighted by molar-refractivity contribution is 0.0967. The van der Waals surface area contributed by atoms with Crippen LogP contribution in [-0.2, 0) is 5.41 Å². The van der Waals surface area contributed by atoms with Crippen LogP contribution in [0.15, 0.2) is 36.4 Å². The zero-order valence-electron chi connectivity index (χ0n) is 13.3. The molecule has 0 aromatic heterocycles. The molecule has 7 heteroatoms. The molecule has 0 atom stereocenters. The number of imide groups is 1. The van der Waals surface area contributed by atoms with Crippen molar-refractivity contribution in [1.82, 2.24) is 5.32 Å². The van der Waals surface area contributed by atoms with E-state index in [9.17, 15) is 14.0 Å². The fourth-order valence-corrected chi connectivity index (χ4v) is 3.06. The van der Waals surface area contributed by atoms with Gasteiger partial charge < -0.3 is 5.32 Å². The summed E-state index contributed by atoms with van der Waals surface area (Å²) in [6, 6.07) is 8.74. The number of carbonyl (C=O) groups excluding carboxylic acids is 2. The number of halogens is 3. The van der Waals surface area contributed by atoms with Crippen LogP contribution in [0.4, 0.5) is 14.9 Å². The van der Waals surface area contributed by atoms with Crippen molar-refractivity contribution < 1.29 is 14.0 Å². The lowest BCUT2D eigenvalue weighted by atomic mass is 9.96. The van der Waals surface area contributed by atoms with E-state index in [2.05, 4.69) is 17.6 Å². The molecule has 3 rings (SSSR count). The van der Waals surface area contributed by atoms with E-state index in [0.29, 0.717) is 5.69 Å². The summed E-state index contributed by atoms with van der Waals surface area (Å²) >= 11 is 11.5. The maximum Gasteiger partial charge on any atom is 0.326 e. The second-order valence-electron chi connectivity index (χ2n) is 6.26. The van der Waals surface area contributed by atoms with E-state index in [1.807, 2.05) is 12.1 Å². The average Bonchev–Trinajstić information content (AvgIpc) is 3.30. The number of para-hydroxylation sites is 1. The smallest absolute Gasteiger partial charge is 0.307 e. The average molecular weight is 381 g/mol. The largest absolute Gasteiger partial charge is 0.326 e. The topological polar surface area (TPSA) is 58.2 Å². The SMILES string of the molecule is CC1(c2ccccc2NC(=O)NC(=O)c2cc(F)c(Cl)cc2Cl)CC1. The van der Waals surface area contributed by atoms with Crippen LogP contribution >= 0.6 is 23.2 Å². The van der Waals surface area contributed by atoms with Crippen LogP contribution in [0.2, 0.25) is 10.0 Å². The lowest BCUT2D eigenvalue weighted by Crippen LogP contribution is -2.35. The summed E-state index contributed by atoms with van der Waals surface area (Å²) in [6.45, 7) is 2.12. The molecule has 1 aliphatic rings. The summed E-state index contributed by atoms with van der Waals surface area (Å²) in [5.41, 5.74) is 1.55. The molecule has 1 aliphatic carbocycles. The highest BCUT2D eigenvalue weighted by Crippen LogP contribution is 2.50. The van der Waals surface area contributed by atoms with E-state index < -0.39 is 17.8 Å². The van der Waals surface area contributed by atoms with Gasteiger partial charge in [0.1, 0.15) is 5.82 Å². The van der Waals surface area contributed by atoms with Crippen LogP contribution in [-0.4, -0.2) is 11.9 Å². The van der Waals surface area contributed by atoms with Crippen molar-refractivity contribution in [3.8, 4) is 0 Å². The summed E-state index contributed by atoms with van der Waals surface area (Å²) in [6.07, 6.45) is 2.10. The number of rotatable bonds is 3. The highest BCUT2D eigenvalue weighted by molar-refractivity contribution is 6.37. The van der Waals surface area contributed by atoms with Crippen LogP contribution in [0.3, 0.4) is 0 Å². The molecular formula is C18H15Cl2FN2O2. The Balaban J connectivity index is 1.74. The maximum atomic E-state index is 13.5. The molecule has 0 spiro atoms. The fraction of sp³-hybridized carbons (Fsp3) is 0.222. The normalized spacial score (nSPS) is 14.7. The van der Waals surface area contributed by atoms with Gasteiger partial charge in [0.25, 0.3) is 5.91 Å². The zero-order chi connectivity index (χ0) is 18.2. The van der Waals surface area contributed by atoms with Gasteiger partial charge in [-0.2, -0.15) is 0 Å². The number of nitrogens with one attached hydrogen (secondary N) is 2. The lowest BCUT2D eigenvalue weighted by Gasteiger charge is -2.16. The van der Waals surface area contributed by atoms with E-state index in [1.165, 1.54) is 0 Å². The van der Waals surface area contributed by atoms with Crippen LogP contribution in [0, 0.1) is 5.82 Å². The number of benzene rings is 2. The third-order valence-electron chi connectivity index (χ3n) is 4.31. The standard InChI is InChI=1S/C18H15Cl2FN2O2/c1-18(6-7-18)11-4-2-3-5-15(11)22-17(25)23-16(24)10-8-14(21)13(20)9-12(10)19/h2-5,8-9H,6-7H2,1H3,(H2,22,23,24,25). The van der Waals surface area contributed by atoms with Gasteiger partial charge in [0.15, 0.2) is 0 Å². The van der Waals surface area contributed by atoms with Crippen molar-refractivity contribution in [2.45, 2.75) is 25.2 Å². The van der Waals surface area contributed by atoms with Gasteiger partial charge in [-0.3, -0.25) is 10.1 Å². The Morgan fingerprint density at radius 2 is 1.80 bits per heavy atom. The van der Waals surface area contributed by atoms with Crippen LogP contribution < -0.4 is 10.6 Å². The summed E-state index contributed by atoms with van der Waals surface area (Å²) in [4.78, 5) is 24.3. The molecule has 2 N–H and O–H groups in total. The summed E-state index contributed by atoms with van der Waals surface area (Å²) < 4.78 is 13.5. The molecule has 1 fully saturated rings. The van der Waals surface area contributed by atoms with Gasteiger partial charge in [0, 0.05) is 5.69 Å². The molecule has 0 unspecified atom stereocenters. The second-order valence-corrected chi connectivity index (χ2v) is 7.08. The van der Waals surface area contributed by atoms with E-state index >= 15 is 0 Å². The molecule has 0 heterocycles. The minimum Gasteiger partial charge on any atom is -0.307 e. The number of hydrogen-bond acceptors (Lipinski definition) is 2. The van der Waals surface area contributed by atoms with E-state index in [1.54, 1.807) is 12.1 Å². The fourth-order valence-electron chi connectivity index (χ4n) is 2.60. The molecule has 3 amide bonds. The molecule has 0 aliphatic heterocycles. The van der Waals surface area contributed by atoms with Gasteiger partial charge in [-0.15, -0.1) is 0 Å². The molecule has 0 saturated heterocycles. The summed E-state index contributed by atoms with van der Waals surface area (Å²) in [7, 11) is 0. The van der Waals surface area contributed by atoms with Gasteiger partial charge in [-0.1, -0.05) is 48.3 Å². The van der Waals surface area contributed by atoms with Gasteiger partial charge in [-0.05, 0) is 42.0 Å². The third-order valence-corrected chi connectivity index (χ3v) is 4.91. The van der Waals surface area contributed by atoms with Gasteiger partial charge in [-0.25, -0.2) is 9.18 Å². The molecule has 0 radical (unpaired) electrons. The molecule has 130 valence electrons.